The van der Waals surface area contributed by atoms with E-state index < -0.39 is 5.97 Å². The Kier molecular flexibility index (Phi) is 4.98. The Balaban J connectivity index is 1.95. The van der Waals surface area contributed by atoms with Crippen LogP contribution in [0.5, 0.6) is 5.75 Å². The van der Waals surface area contributed by atoms with Crippen molar-refractivity contribution in [3.63, 3.8) is 0 Å². The molecular weight excluding hydrogens is 256 g/mol. The molecule has 108 valence electrons. The van der Waals surface area contributed by atoms with Gasteiger partial charge < -0.3 is 15.3 Å². The Morgan fingerprint density at radius 3 is 2.45 bits per heavy atom. The molecule has 1 saturated carbocycles. The summed E-state index contributed by atoms with van der Waals surface area (Å²) < 4.78 is 5.92. The van der Waals surface area contributed by atoms with Gasteiger partial charge in [-0.3, -0.25) is 0 Å². The van der Waals surface area contributed by atoms with E-state index in [1.165, 1.54) is 26.2 Å². The van der Waals surface area contributed by atoms with Gasteiger partial charge in [0.25, 0.3) is 0 Å². The highest BCUT2D eigenvalue weighted by atomic mass is 16.7. The van der Waals surface area contributed by atoms with Crippen LogP contribution in [0.25, 0.3) is 0 Å². The second-order valence-electron chi connectivity index (χ2n) is 4.96. The van der Waals surface area contributed by atoms with Crippen molar-refractivity contribution < 1.29 is 14.4 Å². The van der Waals surface area contributed by atoms with Gasteiger partial charge in [0.15, 0.2) is 5.84 Å². The standard InChI is InChI=1S/C15H20N2O3/c1-11(18)20-17-15(16)12-7-9-14(10-8-12)19-13-5-3-2-4-6-13/h7-10,13H,2-6H2,1H3,(H2,16,17). The molecule has 5 heteroatoms. The second kappa shape index (κ2) is 6.93. The first-order valence-corrected chi connectivity index (χ1v) is 6.93. The number of nitrogens with two attached hydrogens (primary N) is 1. The fraction of sp³-hybridized carbons (Fsp3) is 0.467. The Bertz CT molecular complexity index is 476. The molecule has 1 aromatic rings. The average molecular weight is 276 g/mol. The lowest BCUT2D eigenvalue weighted by atomic mass is 9.98. The maximum absolute atomic E-state index is 10.7. The van der Waals surface area contributed by atoms with Gasteiger partial charge in [0.05, 0.1) is 6.10 Å². The average Bonchev–Trinajstić information content (AvgIpc) is 2.46. The molecule has 1 aliphatic carbocycles. The molecule has 5 nitrogen and oxygen atoms in total. The lowest BCUT2D eigenvalue weighted by molar-refractivity contribution is -0.140. The summed E-state index contributed by atoms with van der Waals surface area (Å²) in [6.07, 6.45) is 6.36. The smallest absolute Gasteiger partial charge is 0.332 e. The Morgan fingerprint density at radius 1 is 1.20 bits per heavy atom. The van der Waals surface area contributed by atoms with E-state index in [1.807, 2.05) is 12.1 Å². The molecule has 20 heavy (non-hydrogen) atoms. The van der Waals surface area contributed by atoms with Crippen LogP contribution in [0.3, 0.4) is 0 Å². The number of rotatable bonds is 4. The van der Waals surface area contributed by atoms with Crippen molar-refractivity contribution in [2.75, 3.05) is 0 Å². The molecule has 0 aliphatic heterocycles. The van der Waals surface area contributed by atoms with Crippen LogP contribution in [0.1, 0.15) is 44.6 Å². The molecule has 0 radical (unpaired) electrons. The summed E-state index contributed by atoms with van der Waals surface area (Å²) in [6, 6.07) is 7.33. The predicted octanol–water partition coefficient (Wildman–Crippen LogP) is 2.58. The van der Waals surface area contributed by atoms with E-state index in [9.17, 15) is 4.79 Å². The SMILES string of the molecule is CC(=O)O/N=C(\N)c1ccc(OC2CCCCC2)cc1. The summed E-state index contributed by atoms with van der Waals surface area (Å²) in [5.74, 6) is 0.510. The summed E-state index contributed by atoms with van der Waals surface area (Å²) in [4.78, 5) is 15.2. The molecule has 0 bridgehead atoms. The van der Waals surface area contributed by atoms with Crippen LogP contribution < -0.4 is 10.5 Å². The van der Waals surface area contributed by atoms with Crippen LogP contribution in [0.4, 0.5) is 0 Å². The van der Waals surface area contributed by atoms with Gasteiger partial charge in [0, 0.05) is 12.5 Å². The van der Waals surface area contributed by atoms with Crippen LogP contribution in [0, 0.1) is 0 Å². The summed E-state index contributed by atoms with van der Waals surface area (Å²) in [7, 11) is 0. The molecule has 0 saturated heterocycles. The molecule has 0 heterocycles. The molecule has 0 aromatic heterocycles. The largest absolute Gasteiger partial charge is 0.490 e. The van der Waals surface area contributed by atoms with E-state index in [-0.39, 0.29) is 5.84 Å². The lowest BCUT2D eigenvalue weighted by Gasteiger charge is -2.23. The second-order valence-corrected chi connectivity index (χ2v) is 4.96. The zero-order valence-electron chi connectivity index (χ0n) is 11.7. The van der Waals surface area contributed by atoms with Crippen molar-refractivity contribution in [1.82, 2.24) is 0 Å². The van der Waals surface area contributed by atoms with Crippen molar-refractivity contribution >= 4 is 11.8 Å². The number of hydrogen-bond acceptors (Lipinski definition) is 4. The number of nitrogens with zero attached hydrogens (tertiary/aromatic N) is 1. The van der Waals surface area contributed by atoms with Crippen molar-refractivity contribution in [2.24, 2.45) is 10.9 Å². The van der Waals surface area contributed by atoms with Crippen LogP contribution in [-0.4, -0.2) is 17.9 Å². The number of hydrogen-bond donors (Lipinski definition) is 1. The number of carbonyl (C=O) groups is 1. The van der Waals surface area contributed by atoms with Crippen molar-refractivity contribution in [3.8, 4) is 5.75 Å². The Hall–Kier alpha value is -2.04. The van der Waals surface area contributed by atoms with Gasteiger partial charge in [-0.05, 0) is 49.9 Å². The molecule has 0 amide bonds. The molecule has 1 fully saturated rings. The topological polar surface area (TPSA) is 73.9 Å². The normalized spacial score (nSPS) is 16.8. The molecule has 2 N–H and O–H groups in total. The van der Waals surface area contributed by atoms with Crippen molar-refractivity contribution in [3.05, 3.63) is 29.8 Å². The summed E-state index contributed by atoms with van der Waals surface area (Å²) >= 11 is 0. The lowest BCUT2D eigenvalue weighted by Crippen LogP contribution is -2.19. The number of carbonyl (C=O) groups excluding carboxylic acids is 1. The monoisotopic (exact) mass is 276 g/mol. The van der Waals surface area contributed by atoms with Crippen molar-refractivity contribution in [2.45, 2.75) is 45.1 Å². The van der Waals surface area contributed by atoms with Gasteiger partial charge in [0.1, 0.15) is 5.75 Å². The molecule has 0 atom stereocenters. The minimum absolute atomic E-state index is 0.171. The maximum Gasteiger partial charge on any atom is 0.332 e. The van der Waals surface area contributed by atoms with Crippen LogP contribution >= 0.6 is 0 Å². The van der Waals surface area contributed by atoms with Crippen molar-refractivity contribution in [1.29, 1.82) is 0 Å². The molecule has 0 unspecified atom stereocenters. The van der Waals surface area contributed by atoms with E-state index in [0.717, 1.165) is 18.6 Å². The predicted molar refractivity (Wildman–Crippen MR) is 76.4 cm³/mol. The van der Waals surface area contributed by atoms with Gasteiger partial charge in [0.2, 0.25) is 0 Å². The molecule has 1 aliphatic rings. The summed E-state index contributed by atoms with van der Waals surface area (Å²) in [5.41, 5.74) is 6.41. The number of amidine groups is 1. The van der Waals surface area contributed by atoms with Crippen LogP contribution in [-0.2, 0) is 9.63 Å². The minimum atomic E-state index is -0.495. The summed E-state index contributed by atoms with van der Waals surface area (Å²) in [6.45, 7) is 1.28. The fourth-order valence-electron chi connectivity index (χ4n) is 2.25. The zero-order chi connectivity index (χ0) is 14.4. The highest BCUT2D eigenvalue weighted by molar-refractivity contribution is 5.97. The van der Waals surface area contributed by atoms with E-state index in [0.29, 0.717) is 11.7 Å². The highest BCUT2D eigenvalue weighted by Crippen LogP contribution is 2.23. The highest BCUT2D eigenvalue weighted by Gasteiger charge is 2.14. The van der Waals surface area contributed by atoms with E-state index in [4.69, 9.17) is 10.5 Å². The number of oxime groups is 1. The molecular formula is C15H20N2O3. The maximum atomic E-state index is 10.7. The Labute approximate surface area is 118 Å². The first kappa shape index (κ1) is 14.4. The molecule has 1 aromatic carbocycles. The zero-order valence-corrected chi connectivity index (χ0v) is 11.7. The minimum Gasteiger partial charge on any atom is -0.490 e. The molecule has 0 spiro atoms. The first-order valence-electron chi connectivity index (χ1n) is 6.93. The Morgan fingerprint density at radius 2 is 1.85 bits per heavy atom. The van der Waals surface area contributed by atoms with Gasteiger partial charge in [-0.1, -0.05) is 11.6 Å². The van der Waals surface area contributed by atoms with Crippen LogP contribution in [0.15, 0.2) is 29.4 Å². The summed E-state index contributed by atoms with van der Waals surface area (Å²) in [5, 5.41) is 3.54. The van der Waals surface area contributed by atoms with Gasteiger partial charge >= 0.3 is 5.97 Å². The molecule has 2 rings (SSSR count). The third kappa shape index (κ3) is 4.26. The van der Waals surface area contributed by atoms with E-state index >= 15 is 0 Å². The van der Waals surface area contributed by atoms with Gasteiger partial charge in [-0.2, -0.15) is 0 Å². The third-order valence-corrected chi connectivity index (χ3v) is 3.28. The van der Waals surface area contributed by atoms with E-state index in [1.54, 1.807) is 12.1 Å². The van der Waals surface area contributed by atoms with Crippen LogP contribution in [0.2, 0.25) is 0 Å². The fourth-order valence-corrected chi connectivity index (χ4v) is 2.25. The van der Waals surface area contributed by atoms with Gasteiger partial charge in [-0.25, -0.2) is 4.79 Å². The first-order chi connectivity index (χ1) is 9.65. The third-order valence-electron chi connectivity index (χ3n) is 3.28. The number of ether oxygens (including phenoxy) is 1. The quantitative estimate of drug-likeness (QED) is 0.397. The number of benzene rings is 1. The van der Waals surface area contributed by atoms with E-state index in [2.05, 4.69) is 9.99 Å². The van der Waals surface area contributed by atoms with Gasteiger partial charge in [-0.15, -0.1) is 0 Å².